The Labute approximate surface area is 182 Å². The lowest BCUT2D eigenvalue weighted by Gasteiger charge is -2.31. The number of benzene rings is 2. The van der Waals surface area contributed by atoms with E-state index in [4.69, 9.17) is 4.74 Å². The van der Waals surface area contributed by atoms with Crippen LogP contribution in [0.15, 0.2) is 48.5 Å². The molecule has 2 aromatic carbocycles. The average Bonchev–Trinajstić information content (AvgIpc) is 3.46. The Morgan fingerprint density at radius 3 is 2.94 bits per heavy atom. The largest absolute Gasteiger partial charge is 0.497 e. The van der Waals surface area contributed by atoms with Crippen molar-refractivity contribution in [2.24, 2.45) is 0 Å². The number of fused-ring (bicyclic) bond motifs is 1. The van der Waals surface area contributed by atoms with E-state index in [0.29, 0.717) is 29.4 Å². The number of hydrogen-bond donors (Lipinski definition) is 1. The highest BCUT2D eigenvalue weighted by molar-refractivity contribution is 7.14. The number of rotatable bonds is 4. The van der Waals surface area contributed by atoms with Crippen LogP contribution in [-0.4, -0.2) is 46.2 Å². The predicted molar refractivity (Wildman–Crippen MR) is 118 cm³/mol. The van der Waals surface area contributed by atoms with Crippen molar-refractivity contribution in [3.63, 3.8) is 0 Å². The van der Waals surface area contributed by atoms with E-state index >= 15 is 0 Å². The van der Waals surface area contributed by atoms with Crippen LogP contribution in [0.5, 0.6) is 5.75 Å². The molecule has 4 aromatic rings. The maximum atomic E-state index is 14.1. The topological polar surface area (TPSA) is 71.1 Å². The van der Waals surface area contributed by atoms with Gasteiger partial charge in [-0.25, -0.2) is 4.39 Å². The van der Waals surface area contributed by atoms with Crippen LogP contribution in [0.2, 0.25) is 0 Å². The summed E-state index contributed by atoms with van der Waals surface area (Å²) < 4.78 is 19.4. The molecule has 0 bridgehead atoms. The molecule has 1 aliphatic heterocycles. The number of ether oxygens (including phenoxy) is 1. The van der Waals surface area contributed by atoms with Crippen molar-refractivity contribution in [3.05, 3.63) is 65.0 Å². The molecule has 1 aliphatic rings. The molecular formula is C23H21FN4O2S. The van der Waals surface area contributed by atoms with Crippen molar-refractivity contribution in [2.45, 2.75) is 18.8 Å². The van der Waals surface area contributed by atoms with Gasteiger partial charge >= 0.3 is 0 Å². The maximum Gasteiger partial charge on any atom is 0.270 e. The third kappa shape index (κ3) is 3.79. The fourth-order valence-corrected chi connectivity index (χ4v) is 5.02. The van der Waals surface area contributed by atoms with E-state index in [1.54, 1.807) is 25.3 Å². The van der Waals surface area contributed by atoms with Gasteiger partial charge in [0.05, 0.1) is 7.11 Å². The van der Waals surface area contributed by atoms with Crippen molar-refractivity contribution in [1.29, 1.82) is 0 Å². The fourth-order valence-electron chi connectivity index (χ4n) is 4.02. The van der Waals surface area contributed by atoms with Gasteiger partial charge in [0.2, 0.25) is 0 Å². The van der Waals surface area contributed by atoms with Crippen LogP contribution in [0.1, 0.15) is 34.3 Å². The number of carbonyl (C=O) groups is 1. The minimum Gasteiger partial charge on any atom is -0.497 e. The molecule has 0 saturated carbocycles. The van der Waals surface area contributed by atoms with E-state index < -0.39 is 0 Å². The summed E-state index contributed by atoms with van der Waals surface area (Å²) in [7, 11) is 1.62. The molecule has 0 aliphatic carbocycles. The SMILES string of the molecule is COc1ccc2cc(C(=O)N3CCC[C@@H](c4nnc(-c5ccccc5F)s4)C3)[nH]c2c1. The second-order valence-corrected chi connectivity index (χ2v) is 8.66. The maximum absolute atomic E-state index is 14.1. The van der Waals surface area contributed by atoms with Crippen molar-refractivity contribution < 1.29 is 13.9 Å². The number of piperidine rings is 1. The molecule has 8 heteroatoms. The Morgan fingerprint density at radius 1 is 1.23 bits per heavy atom. The first-order valence-corrected chi connectivity index (χ1v) is 11.0. The van der Waals surface area contributed by atoms with Crippen LogP contribution in [0.25, 0.3) is 21.5 Å². The summed E-state index contributed by atoms with van der Waals surface area (Å²) in [5, 5.41) is 10.9. The summed E-state index contributed by atoms with van der Waals surface area (Å²) in [6.07, 6.45) is 1.82. The normalized spacial score (nSPS) is 16.6. The van der Waals surface area contributed by atoms with Gasteiger partial charge in [-0.3, -0.25) is 4.79 Å². The Balaban J connectivity index is 1.35. The molecule has 31 heavy (non-hydrogen) atoms. The van der Waals surface area contributed by atoms with E-state index in [0.717, 1.165) is 34.5 Å². The molecule has 1 amide bonds. The van der Waals surface area contributed by atoms with Gasteiger partial charge < -0.3 is 14.6 Å². The molecule has 6 nitrogen and oxygen atoms in total. The van der Waals surface area contributed by atoms with E-state index in [9.17, 15) is 9.18 Å². The Bertz CT molecular complexity index is 1250. The number of carbonyl (C=O) groups excluding carboxylic acids is 1. The third-order valence-electron chi connectivity index (χ3n) is 5.66. The van der Waals surface area contributed by atoms with Crippen molar-refractivity contribution in [1.82, 2.24) is 20.1 Å². The molecule has 2 aromatic heterocycles. The first-order chi connectivity index (χ1) is 15.1. The van der Waals surface area contributed by atoms with Crippen LogP contribution in [0, 0.1) is 5.82 Å². The molecule has 0 unspecified atom stereocenters. The summed E-state index contributed by atoms with van der Waals surface area (Å²) >= 11 is 1.40. The van der Waals surface area contributed by atoms with Crippen LogP contribution in [-0.2, 0) is 0 Å². The number of methoxy groups -OCH3 is 1. The van der Waals surface area contributed by atoms with Crippen molar-refractivity contribution in [2.75, 3.05) is 20.2 Å². The lowest BCUT2D eigenvalue weighted by atomic mass is 9.98. The first-order valence-electron chi connectivity index (χ1n) is 10.2. The zero-order chi connectivity index (χ0) is 21.4. The van der Waals surface area contributed by atoms with Gasteiger partial charge in [0, 0.05) is 41.5 Å². The zero-order valence-electron chi connectivity index (χ0n) is 17.0. The molecule has 3 heterocycles. The number of amides is 1. The monoisotopic (exact) mass is 436 g/mol. The van der Waals surface area contributed by atoms with Gasteiger partial charge in [-0.05, 0) is 43.2 Å². The quantitative estimate of drug-likeness (QED) is 0.496. The molecule has 1 atom stereocenters. The van der Waals surface area contributed by atoms with E-state index in [1.165, 1.54) is 17.4 Å². The number of aromatic nitrogens is 3. The summed E-state index contributed by atoms with van der Waals surface area (Å²) in [5.41, 5.74) is 1.90. The molecular weight excluding hydrogens is 415 g/mol. The second-order valence-electron chi connectivity index (χ2n) is 7.65. The molecule has 1 fully saturated rings. The van der Waals surface area contributed by atoms with Crippen molar-refractivity contribution >= 4 is 28.1 Å². The van der Waals surface area contributed by atoms with Crippen LogP contribution in [0.4, 0.5) is 4.39 Å². The van der Waals surface area contributed by atoms with Gasteiger partial charge in [-0.1, -0.05) is 23.5 Å². The number of halogens is 1. The highest BCUT2D eigenvalue weighted by Crippen LogP contribution is 2.34. The van der Waals surface area contributed by atoms with Gasteiger partial charge in [0.1, 0.15) is 22.3 Å². The highest BCUT2D eigenvalue weighted by Gasteiger charge is 2.29. The van der Waals surface area contributed by atoms with Crippen LogP contribution in [0.3, 0.4) is 0 Å². The summed E-state index contributed by atoms with van der Waals surface area (Å²) in [6, 6.07) is 14.2. The van der Waals surface area contributed by atoms with Crippen molar-refractivity contribution in [3.8, 4) is 16.3 Å². The molecule has 5 rings (SSSR count). The van der Waals surface area contributed by atoms with E-state index in [-0.39, 0.29) is 17.6 Å². The lowest BCUT2D eigenvalue weighted by Crippen LogP contribution is -2.39. The number of nitrogens with zero attached hydrogens (tertiary/aromatic N) is 3. The predicted octanol–water partition coefficient (Wildman–Crippen LogP) is 4.85. The van der Waals surface area contributed by atoms with Gasteiger partial charge in [-0.15, -0.1) is 10.2 Å². The smallest absolute Gasteiger partial charge is 0.270 e. The minimum absolute atomic E-state index is 0.0290. The standard InChI is InChI=1S/C23H21FN4O2S/c1-30-16-9-8-14-11-20(25-19(14)12-16)23(29)28-10-4-5-15(13-28)21-26-27-22(31-21)17-6-2-3-7-18(17)24/h2-3,6-9,11-12,15,25H,4-5,10,13H2,1H3/t15-/m1/s1. The van der Waals surface area contributed by atoms with E-state index in [1.807, 2.05) is 29.2 Å². The Hall–Kier alpha value is -3.26. The number of H-pyrrole nitrogens is 1. The summed E-state index contributed by atoms with van der Waals surface area (Å²) in [5.74, 6) is 0.508. The third-order valence-corrected chi connectivity index (χ3v) is 6.78. The highest BCUT2D eigenvalue weighted by atomic mass is 32.1. The molecule has 158 valence electrons. The van der Waals surface area contributed by atoms with Gasteiger partial charge in [-0.2, -0.15) is 0 Å². The molecule has 1 N–H and O–H groups in total. The summed E-state index contributed by atoms with van der Waals surface area (Å²) in [6.45, 7) is 1.27. The van der Waals surface area contributed by atoms with E-state index in [2.05, 4.69) is 15.2 Å². The number of nitrogens with one attached hydrogen (secondary N) is 1. The summed E-state index contributed by atoms with van der Waals surface area (Å²) in [4.78, 5) is 18.2. The Morgan fingerprint density at radius 2 is 2.10 bits per heavy atom. The van der Waals surface area contributed by atoms with Crippen LogP contribution < -0.4 is 4.74 Å². The first kappa shape index (κ1) is 19.7. The lowest BCUT2D eigenvalue weighted by molar-refractivity contribution is 0.0702. The van der Waals surface area contributed by atoms with Crippen LogP contribution >= 0.6 is 11.3 Å². The van der Waals surface area contributed by atoms with Gasteiger partial charge in [0.25, 0.3) is 5.91 Å². The number of hydrogen-bond acceptors (Lipinski definition) is 5. The molecule has 1 saturated heterocycles. The number of aromatic amines is 1. The Kier molecular flexibility index (Phi) is 5.15. The molecule has 0 spiro atoms. The van der Waals surface area contributed by atoms with Gasteiger partial charge in [0.15, 0.2) is 5.01 Å². The average molecular weight is 437 g/mol. The minimum atomic E-state index is -0.305. The second kappa shape index (κ2) is 8.11. The fraction of sp³-hybridized carbons (Fsp3) is 0.261. The zero-order valence-corrected chi connectivity index (χ0v) is 17.8. The number of likely N-dealkylation sites (tertiary alicyclic amines) is 1. The molecule has 0 radical (unpaired) electrons.